The minimum Gasteiger partial charge on any atom is -0.396 e. The molecule has 18 heavy (non-hydrogen) atoms. The van der Waals surface area contributed by atoms with E-state index in [0.29, 0.717) is 6.54 Å². The lowest BCUT2D eigenvalue weighted by Crippen LogP contribution is -2.35. The van der Waals surface area contributed by atoms with Crippen molar-refractivity contribution in [3.05, 3.63) is 29.8 Å². The maximum atomic E-state index is 13.5. The number of hydrogen-bond donors (Lipinski definition) is 2. The number of aliphatic hydroxyl groups excluding tert-OH is 1. The average Bonchev–Trinajstić information content (AvgIpc) is 2.41. The molecule has 0 aromatic heterocycles. The maximum Gasteiger partial charge on any atom is 0.181 e. The van der Waals surface area contributed by atoms with Gasteiger partial charge in [0.2, 0.25) is 0 Å². The second kappa shape index (κ2) is 5.65. The van der Waals surface area contributed by atoms with Crippen molar-refractivity contribution in [3.8, 4) is 0 Å². The van der Waals surface area contributed by atoms with Gasteiger partial charge in [0.1, 0.15) is 0 Å². The Morgan fingerprint density at radius 3 is 2.56 bits per heavy atom. The van der Waals surface area contributed by atoms with E-state index in [1.54, 1.807) is 0 Å². The van der Waals surface area contributed by atoms with Gasteiger partial charge in [-0.25, -0.2) is 8.78 Å². The SMILES string of the molecule is OCC1(CNc2cccc(F)c2F)CCCCC1. The fourth-order valence-electron chi connectivity index (χ4n) is 2.62. The molecule has 2 N–H and O–H groups in total. The van der Waals surface area contributed by atoms with Crippen molar-refractivity contribution in [1.82, 2.24) is 0 Å². The normalized spacial score (nSPS) is 18.6. The molecule has 100 valence electrons. The van der Waals surface area contributed by atoms with Crippen LogP contribution in [0, 0.1) is 17.0 Å². The van der Waals surface area contributed by atoms with Crippen LogP contribution in [0.2, 0.25) is 0 Å². The van der Waals surface area contributed by atoms with Crippen molar-refractivity contribution in [1.29, 1.82) is 0 Å². The summed E-state index contributed by atoms with van der Waals surface area (Å²) in [5.41, 5.74) is -0.00908. The Morgan fingerprint density at radius 2 is 1.89 bits per heavy atom. The fraction of sp³-hybridized carbons (Fsp3) is 0.571. The summed E-state index contributed by atoms with van der Waals surface area (Å²) in [6, 6.07) is 4.10. The van der Waals surface area contributed by atoms with E-state index in [2.05, 4.69) is 5.32 Å². The highest BCUT2D eigenvalue weighted by Gasteiger charge is 2.31. The lowest BCUT2D eigenvalue weighted by Gasteiger charge is -2.36. The predicted molar refractivity (Wildman–Crippen MR) is 67.5 cm³/mol. The van der Waals surface area contributed by atoms with Crippen molar-refractivity contribution in [2.75, 3.05) is 18.5 Å². The summed E-state index contributed by atoms with van der Waals surface area (Å²) in [5, 5.41) is 12.5. The van der Waals surface area contributed by atoms with Gasteiger partial charge in [0.05, 0.1) is 12.3 Å². The summed E-state index contributed by atoms with van der Waals surface area (Å²) in [5.74, 6) is -1.69. The first-order valence-electron chi connectivity index (χ1n) is 6.46. The zero-order chi connectivity index (χ0) is 13.0. The molecule has 1 fully saturated rings. The zero-order valence-electron chi connectivity index (χ0n) is 10.4. The van der Waals surface area contributed by atoms with E-state index in [1.165, 1.54) is 18.6 Å². The lowest BCUT2D eigenvalue weighted by atomic mass is 9.74. The molecular weight excluding hydrogens is 236 g/mol. The van der Waals surface area contributed by atoms with Crippen LogP contribution in [0.4, 0.5) is 14.5 Å². The standard InChI is InChI=1S/C14H19F2NO/c15-11-5-4-6-12(13(11)16)17-9-14(10-18)7-2-1-3-8-14/h4-6,17-18H,1-3,7-10H2. The maximum absolute atomic E-state index is 13.5. The van der Waals surface area contributed by atoms with Crippen LogP contribution >= 0.6 is 0 Å². The van der Waals surface area contributed by atoms with Crippen LogP contribution in [0.15, 0.2) is 18.2 Å². The van der Waals surface area contributed by atoms with Crippen LogP contribution in [0.1, 0.15) is 32.1 Å². The molecule has 0 aliphatic heterocycles. The van der Waals surface area contributed by atoms with Gasteiger partial charge < -0.3 is 10.4 Å². The molecule has 0 heterocycles. The highest BCUT2D eigenvalue weighted by atomic mass is 19.2. The minimum absolute atomic E-state index is 0.0942. The third kappa shape index (κ3) is 2.80. The number of benzene rings is 1. The van der Waals surface area contributed by atoms with E-state index in [0.717, 1.165) is 31.7 Å². The van der Waals surface area contributed by atoms with Crippen LogP contribution in [-0.2, 0) is 0 Å². The smallest absolute Gasteiger partial charge is 0.181 e. The summed E-state index contributed by atoms with van der Waals surface area (Å²) < 4.78 is 26.5. The van der Waals surface area contributed by atoms with Crippen LogP contribution in [-0.4, -0.2) is 18.3 Å². The molecule has 2 nitrogen and oxygen atoms in total. The van der Waals surface area contributed by atoms with E-state index >= 15 is 0 Å². The summed E-state index contributed by atoms with van der Waals surface area (Å²) in [4.78, 5) is 0. The number of anilines is 1. The van der Waals surface area contributed by atoms with Gasteiger partial charge in [-0.2, -0.15) is 0 Å². The third-order valence-corrected chi connectivity index (χ3v) is 3.86. The molecule has 0 saturated heterocycles. The Balaban J connectivity index is 2.03. The monoisotopic (exact) mass is 255 g/mol. The first kappa shape index (κ1) is 13.3. The van der Waals surface area contributed by atoms with Crippen molar-refractivity contribution in [2.24, 2.45) is 5.41 Å². The molecule has 1 aromatic carbocycles. The predicted octanol–water partition coefficient (Wildman–Crippen LogP) is 3.32. The van der Waals surface area contributed by atoms with Crippen LogP contribution in [0.25, 0.3) is 0 Å². The molecule has 1 aliphatic carbocycles. The minimum atomic E-state index is -0.846. The molecule has 0 radical (unpaired) electrons. The summed E-state index contributed by atoms with van der Waals surface area (Å²) in [6.45, 7) is 0.584. The molecule has 1 aliphatic rings. The molecule has 2 rings (SSSR count). The Morgan fingerprint density at radius 1 is 1.17 bits per heavy atom. The molecule has 0 unspecified atom stereocenters. The summed E-state index contributed by atoms with van der Waals surface area (Å²) in [7, 11) is 0. The molecule has 1 aromatic rings. The highest BCUT2D eigenvalue weighted by Crippen LogP contribution is 2.36. The van der Waals surface area contributed by atoms with E-state index in [1.807, 2.05) is 0 Å². The number of halogens is 2. The molecule has 0 amide bonds. The van der Waals surface area contributed by atoms with Gasteiger partial charge in [-0.1, -0.05) is 25.3 Å². The largest absolute Gasteiger partial charge is 0.396 e. The quantitative estimate of drug-likeness (QED) is 0.865. The van der Waals surface area contributed by atoms with Crippen molar-refractivity contribution < 1.29 is 13.9 Å². The number of nitrogens with one attached hydrogen (secondary N) is 1. The van der Waals surface area contributed by atoms with Crippen LogP contribution in [0.5, 0.6) is 0 Å². The van der Waals surface area contributed by atoms with E-state index < -0.39 is 11.6 Å². The number of rotatable bonds is 4. The van der Waals surface area contributed by atoms with Gasteiger partial charge in [0.15, 0.2) is 11.6 Å². The zero-order valence-corrected chi connectivity index (χ0v) is 10.4. The number of hydrogen-bond acceptors (Lipinski definition) is 2. The molecule has 0 bridgehead atoms. The Hall–Kier alpha value is -1.16. The Bertz CT molecular complexity index is 403. The summed E-state index contributed by atoms with van der Waals surface area (Å²) >= 11 is 0. The second-order valence-electron chi connectivity index (χ2n) is 5.17. The highest BCUT2D eigenvalue weighted by molar-refractivity contribution is 5.45. The Labute approximate surface area is 106 Å². The van der Waals surface area contributed by atoms with Gasteiger partial charge in [-0.3, -0.25) is 0 Å². The summed E-state index contributed by atoms with van der Waals surface area (Å²) in [6.07, 6.45) is 5.25. The van der Waals surface area contributed by atoms with Crippen molar-refractivity contribution in [3.63, 3.8) is 0 Å². The first-order chi connectivity index (χ1) is 8.67. The molecule has 4 heteroatoms. The van der Waals surface area contributed by atoms with Crippen molar-refractivity contribution >= 4 is 5.69 Å². The molecular formula is C14H19F2NO. The van der Waals surface area contributed by atoms with Gasteiger partial charge in [-0.15, -0.1) is 0 Å². The van der Waals surface area contributed by atoms with E-state index in [4.69, 9.17) is 0 Å². The Kier molecular flexibility index (Phi) is 4.17. The van der Waals surface area contributed by atoms with E-state index in [-0.39, 0.29) is 17.7 Å². The molecule has 1 saturated carbocycles. The van der Waals surface area contributed by atoms with Crippen LogP contribution < -0.4 is 5.32 Å². The van der Waals surface area contributed by atoms with E-state index in [9.17, 15) is 13.9 Å². The molecule has 0 spiro atoms. The van der Waals surface area contributed by atoms with Crippen LogP contribution in [0.3, 0.4) is 0 Å². The van der Waals surface area contributed by atoms with Gasteiger partial charge >= 0.3 is 0 Å². The fourth-order valence-corrected chi connectivity index (χ4v) is 2.62. The van der Waals surface area contributed by atoms with Gasteiger partial charge in [0.25, 0.3) is 0 Å². The first-order valence-corrected chi connectivity index (χ1v) is 6.46. The second-order valence-corrected chi connectivity index (χ2v) is 5.17. The lowest BCUT2D eigenvalue weighted by molar-refractivity contribution is 0.0943. The third-order valence-electron chi connectivity index (χ3n) is 3.86. The number of aliphatic hydroxyl groups is 1. The molecule has 0 atom stereocenters. The van der Waals surface area contributed by atoms with Crippen molar-refractivity contribution in [2.45, 2.75) is 32.1 Å². The topological polar surface area (TPSA) is 32.3 Å². The van der Waals surface area contributed by atoms with Gasteiger partial charge in [-0.05, 0) is 25.0 Å². The van der Waals surface area contributed by atoms with Gasteiger partial charge in [0, 0.05) is 12.0 Å². The average molecular weight is 255 g/mol.